The van der Waals surface area contributed by atoms with Gasteiger partial charge in [-0.15, -0.1) is 0 Å². The highest BCUT2D eigenvalue weighted by molar-refractivity contribution is 6.10. The summed E-state index contributed by atoms with van der Waals surface area (Å²) in [6.07, 6.45) is 0. The van der Waals surface area contributed by atoms with Gasteiger partial charge in [0, 0.05) is 11.8 Å². The van der Waals surface area contributed by atoms with Gasteiger partial charge in [-0.25, -0.2) is 0 Å². The van der Waals surface area contributed by atoms with E-state index >= 15 is 0 Å². The van der Waals surface area contributed by atoms with Crippen LogP contribution in [0.4, 0.5) is 0 Å². The van der Waals surface area contributed by atoms with Crippen molar-refractivity contribution >= 4 is 23.5 Å². The molecule has 0 saturated heterocycles. The van der Waals surface area contributed by atoms with E-state index in [0.29, 0.717) is 0 Å². The molecule has 0 saturated carbocycles. The Kier molecular flexibility index (Phi) is 6.03. The first-order valence-corrected chi connectivity index (χ1v) is 7.11. The monoisotopic (exact) mass is 298 g/mol. The van der Waals surface area contributed by atoms with Gasteiger partial charge in [0.15, 0.2) is 11.6 Å². The second kappa shape index (κ2) is 6.50. The van der Waals surface area contributed by atoms with Gasteiger partial charge >= 0.3 is 11.9 Å². The Bertz CT molecular complexity index is 413. The molecule has 0 unspecified atom stereocenters. The van der Waals surface area contributed by atoms with E-state index in [4.69, 9.17) is 4.74 Å². The van der Waals surface area contributed by atoms with Crippen molar-refractivity contribution in [3.63, 3.8) is 0 Å². The van der Waals surface area contributed by atoms with Crippen molar-refractivity contribution in [2.75, 3.05) is 0 Å². The van der Waals surface area contributed by atoms with E-state index in [-0.39, 0.29) is 23.4 Å². The highest BCUT2D eigenvalue weighted by Crippen LogP contribution is 2.27. The maximum atomic E-state index is 12.1. The van der Waals surface area contributed by atoms with Gasteiger partial charge in [-0.3, -0.25) is 19.2 Å². The first kappa shape index (κ1) is 19.5. The molecule has 0 radical (unpaired) electrons. The van der Waals surface area contributed by atoms with Gasteiger partial charge in [-0.1, -0.05) is 27.7 Å². The molecule has 0 aromatic rings. The number of rotatable bonds is 6. The Morgan fingerprint density at radius 2 is 0.905 bits per heavy atom. The Morgan fingerprint density at radius 1 is 0.667 bits per heavy atom. The lowest BCUT2D eigenvalue weighted by Gasteiger charge is -2.26. The molecule has 0 amide bonds. The van der Waals surface area contributed by atoms with E-state index in [1.54, 1.807) is 27.7 Å². The van der Waals surface area contributed by atoms with Crippen LogP contribution < -0.4 is 0 Å². The molecule has 0 aromatic carbocycles. The second-order valence-corrected chi connectivity index (χ2v) is 6.96. The average molecular weight is 298 g/mol. The second-order valence-electron chi connectivity index (χ2n) is 6.96. The van der Waals surface area contributed by atoms with Crippen LogP contribution >= 0.6 is 0 Å². The minimum atomic E-state index is -1.42. The lowest BCUT2D eigenvalue weighted by molar-refractivity contribution is -0.174. The number of Topliss-reactive ketones (excluding diaryl/α,β-unsaturated/α-hetero) is 2. The number of hydrogen-bond donors (Lipinski definition) is 0. The quantitative estimate of drug-likeness (QED) is 0.556. The van der Waals surface area contributed by atoms with Crippen LogP contribution in [0.5, 0.6) is 0 Å². The SMILES string of the molecule is CC(C)C(=O)C(C)(C)C(=O)OC(=O)C(C)(C)C(=O)C(C)C. The van der Waals surface area contributed by atoms with Crippen LogP contribution in [0.3, 0.4) is 0 Å². The normalized spacial score (nSPS) is 12.5. The van der Waals surface area contributed by atoms with Gasteiger partial charge in [0.25, 0.3) is 0 Å². The molecule has 21 heavy (non-hydrogen) atoms. The van der Waals surface area contributed by atoms with Crippen molar-refractivity contribution in [3.05, 3.63) is 0 Å². The van der Waals surface area contributed by atoms with Crippen molar-refractivity contribution in [2.45, 2.75) is 55.4 Å². The number of carbonyl (C=O) groups excluding carboxylic acids is 4. The van der Waals surface area contributed by atoms with Crippen LogP contribution in [0, 0.1) is 22.7 Å². The van der Waals surface area contributed by atoms with Crippen LogP contribution in [-0.4, -0.2) is 23.5 Å². The maximum Gasteiger partial charge on any atom is 0.326 e. The zero-order valence-electron chi connectivity index (χ0n) is 14.2. The third-order valence-corrected chi connectivity index (χ3v) is 3.49. The average Bonchev–Trinajstić information content (AvgIpc) is 2.35. The molecular formula is C16H26O5. The molecule has 0 bridgehead atoms. The van der Waals surface area contributed by atoms with Gasteiger partial charge in [0.1, 0.15) is 10.8 Å². The van der Waals surface area contributed by atoms with E-state index in [0.717, 1.165) is 0 Å². The number of ether oxygens (including phenoxy) is 1. The van der Waals surface area contributed by atoms with Gasteiger partial charge in [-0.05, 0) is 27.7 Å². The highest BCUT2D eigenvalue weighted by atomic mass is 16.6. The number of ketones is 2. The Balaban J connectivity index is 5.15. The van der Waals surface area contributed by atoms with Crippen molar-refractivity contribution in [2.24, 2.45) is 22.7 Å². The summed E-state index contributed by atoms with van der Waals surface area (Å²) < 4.78 is 4.80. The maximum absolute atomic E-state index is 12.1. The Hall–Kier alpha value is -1.52. The molecule has 0 spiro atoms. The van der Waals surface area contributed by atoms with Crippen molar-refractivity contribution in [3.8, 4) is 0 Å². The van der Waals surface area contributed by atoms with Gasteiger partial charge < -0.3 is 4.74 Å². The van der Waals surface area contributed by atoms with Crippen molar-refractivity contribution in [1.29, 1.82) is 0 Å². The standard InChI is InChI=1S/C16H26O5/c1-9(2)11(17)15(5,6)13(19)21-14(20)16(7,8)12(18)10(3)4/h9-10H,1-8H3. The Labute approximate surface area is 126 Å². The summed E-state index contributed by atoms with van der Waals surface area (Å²) in [5.74, 6) is -3.17. The number of hydrogen-bond acceptors (Lipinski definition) is 5. The zero-order valence-corrected chi connectivity index (χ0v) is 14.2. The molecule has 0 rings (SSSR count). The molecule has 0 atom stereocenters. The predicted molar refractivity (Wildman–Crippen MR) is 78.4 cm³/mol. The first-order chi connectivity index (χ1) is 9.26. The summed E-state index contributed by atoms with van der Waals surface area (Å²) in [5, 5.41) is 0. The fourth-order valence-electron chi connectivity index (χ4n) is 1.98. The van der Waals surface area contributed by atoms with Crippen LogP contribution in [0.15, 0.2) is 0 Å². The highest BCUT2D eigenvalue weighted by Gasteiger charge is 2.44. The topological polar surface area (TPSA) is 77.5 Å². The molecule has 0 aromatic heterocycles. The Morgan fingerprint density at radius 3 is 1.10 bits per heavy atom. The van der Waals surface area contributed by atoms with E-state index in [2.05, 4.69) is 0 Å². The summed E-state index contributed by atoms with van der Waals surface area (Å²) in [7, 11) is 0. The van der Waals surface area contributed by atoms with Gasteiger partial charge in [0.05, 0.1) is 0 Å². The summed E-state index contributed by atoms with van der Waals surface area (Å²) >= 11 is 0. The third-order valence-electron chi connectivity index (χ3n) is 3.49. The van der Waals surface area contributed by atoms with Crippen molar-refractivity contribution in [1.82, 2.24) is 0 Å². The molecule has 120 valence electrons. The molecule has 0 heterocycles. The fraction of sp³-hybridized carbons (Fsp3) is 0.750. The van der Waals surface area contributed by atoms with E-state index < -0.39 is 22.8 Å². The van der Waals surface area contributed by atoms with Crippen LogP contribution in [-0.2, 0) is 23.9 Å². The molecule has 5 nitrogen and oxygen atoms in total. The number of carbonyl (C=O) groups is 4. The van der Waals surface area contributed by atoms with Crippen LogP contribution in [0.2, 0.25) is 0 Å². The molecule has 0 aliphatic carbocycles. The summed E-state index contributed by atoms with van der Waals surface area (Å²) in [5.41, 5.74) is -2.83. The third kappa shape index (κ3) is 4.22. The van der Waals surface area contributed by atoms with E-state index in [1.807, 2.05) is 0 Å². The summed E-state index contributed by atoms with van der Waals surface area (Å²) in [6, 6.07) is 0. The minimum Gasteiger partial charge on any atom is -0.392 e. The predicted octanol–water partition coefficient (Wildman–Crippen LogP) is 2.56. The lowest BCUT2D eigenvalue weighted by atomic mass is 9.81. The van der Waals surface area contributed by atoms with Gasteiger partial charge in [0.2, 0.25) is 0 Å². The molecule has 0 aliphatic rings. The van der Waals surface area contributed by atoms with E-state index in [1.165, 1.54) is 27.7 Å². The molecular weight excluding hydrogens is 272 g/mol. The summed E-state index contributed by atoms with van der Waals surface area (Å²) in [4.78, 5) is 48.2. The van der Waals surface area contributed by atoms with E-state index in [9.17, 15) is 19.2 Å². The van der Waals surface area contributed by atoms with Crippen LogP contribution in [0.25, 0.3) is 0 Å². The largest absolute Gasteiger partial charge is 0.392 e. The van der Waals surface area contributed by atoms with Gasteiger partial charge in [-0.2, -0.15) is 0 Å². The number of esters is 2. The summed E-state index contributed by atoms with van der Waals surface area (Å²) in [6.45, 7) is 12.4. The zero-order chi connectivity index (χ0) is 17.2. The van der Waals surface area contributed by atoms with Crippen LogP contribution in [0.1, 0.15) is 55.4 Å². The molecule has 0 fully saturated rings. The van der Waals surface area contributed by atoms with Crippen molar-refractivity contribution < 1.29 is 23.9 Å². The molecule has 0 aliphatic heterocycles. The first-order valence-electron chi connectivity index (χ1n) is 7.11. The minimum absolute atomic E-state index is 0.312. The molecule has 0 N–H and O–H groups in total. The lowest BCUT2D eigenvalue weighted by Crippen LogP contribution is -2.43. The smallest absolute Gasteiger partial charge is 0.326 e. The molecule has 5 heteroatoms. The fourth-order valence-corrected chi connectivity index (χ4v) is 1.98.